The van der Waals surface area contributed by atoms with Gasteiger partial charge in [-0.05, 0) is 63.4 Å². The Morgan fingerprint density at radius 2 is 1.87 bits per heavy atom. The third kappa shape index (κ3) is 5.06. The summed E-state index contributed by atoms with van der Waals surface area (Å²) in [5.41, 5.74) is 5.64. The van der Waals surface area contributed by atoms with E-state index in [0.29, 0.717) is 18.0 Å². The van der Waals surface area contributed by atoms with Gasteiger partial charge in [0.25, 0.3) is 5.91 Å². The molecule has 38 heavy (non-hydrogen) atoms. The Hall–Kier alpha value is -3.99. The van der Waals surface area contributed by atoms with Gasteiger partial charge in [-0.3, -0.25) is 9.59 Å². The van der Waals surface area contributed by atoms with Crippen molar-refractivity contribution in [3.05, 3.63) is 59.8 Å². The van der Waals surface area contributed by atoms with Crippen LogP contribution in [0.15, 0.2) is 58.6 Å². The van der Waals surface area contributed by atoms with Crippen LogP contribution in [0.3, 0.4) is 0 Å². The largest absolute Gasteiger partial charge is 0.493 e. The molecule has 0 aliphatic carbocycles. The predicted molar refractivity (Wildman–Crippen MR) is 141 cm³/mol. The number of amides is 1. The monoisotopic (exact) mass is 538 g/mol. The van der Waals surface area contributed by atoms with Gasteiger partial charge in [-0.25, -0.2) is 18.4 Å². The van der Waals surface area contributed by atoms with Crippen LogP contribution in [-0.4, -0.2) is 49.3 Å². The highest BCUT2D eigenvalue weighted by molar-refractivity contribution is 7.91. The summed E-state index contributed by atoms with van der Waals surface area (Å²) in [6, 6.07) is 10.2. The van der Waals surface area contributed by atoms with Crippen LogP contribution in [0.1, 0.15) is 54.8 Å². The van der Waals surface area contributed by atoms with Crippen LogP contribution >= 0.6 is 0 Å². The summed E-state index contributed by atoms with van der Waals surface area (Å²) >= 11 is 0. The van der Waals surface area contributed by atoms with E-state index in [9.17, 15) is 18.0 Å². The van der Waals surface area contributed by atoms with Crippen molar-refractivity contribution >= 4 is 27.3 Å². The minimum absolute atomic E-state index is 0.0237. The van der Waals surface area contributed by atoms with E-state index in [2.05, 4.69) is 16.9 Å². The highest BCUT2D eigenvalue weighted by atomic mass is 32.2. The van der Waals surface area contributed by atoms with Gasteiger partial charge in [-0.15, -0.1) is 0 Å². The van der Waals surface area contributed by atoms with E-state index in [1.807, 2.05) is 18.7 Å². The fourth-order valence-electron chi connectivity index (χ4n) is 4.85. The first kappa shape index (κ1) is 27.1. The van der Waals surface area contributed by atoms with Crippen LogP contribution in [0, 0.1) is 5.92 Å². The van der Waals surface area contributed by atoms with Crippen LogP contribution in [0.2, 0.25) is 0 Å². The van der Waals surface area contributed by atoms with E-state index in [1.54, 1.807) is 6.07 Å². The molecule has 3 heterocycles. The molecule has 0 spiro atoms. The molecule has 0 radical (unpaired) electrons. The van der Waals surface area contributed by atoms with Crippen molar-refractivity contribution < 1.29 is 27.5 Å². The van der Waals surface area contributed by atoms with Gasteiger partial charge in [-0.2, -0.15) is 0 Å². The van der Waals surface area contributed by atoms with Gasteiger partial charge in [0.15, 0.2) is 22.3 Å². The lowest BCUT2D eigenvalue weighted by Gasteiger charge is -2.33. The average molecular weight is 539 g/mol. The van der Waals surface area contributed by atoms with Crippen molar-refractivity contribution in [1.29, 1.82) is 0 Å². The Morgan fingerprint density at radius 3 is 2.47 bits per heavy atom. The van der Waals surface area contributed by atoms with Gasteiger partial charge in [0.1, 0.15) is 11.4 Å². The topological polar surface area (TPSA) is 142 Å². The van der Waals surface area contributed by atoms with E-state index >= 15 is 0 Å². The molecule has 3 aromatic rings. The van der Waals surface area contributed by atoms with E-state index < -0.39 is 15.7 Å². The summed E-state index contributed by atoms with van der Waals surface area (Å²) in [6.45, 7) is 8.16. The number of nitrogens with two attached hydrogens (primary N) is 1. The fraction of sp³-hybridized carbons (Fsp3) is 0.333. The van der Waals surface area contributed by atoms with Crippen molar-refractivity contribution in [2.75, 3.05) is 18.6 Å². The fourth-order valence-corrected chi connectivity index (χ4v) is 6.25. The number of primary amides is 1. The summed E-state index contributed by atoms with van der Waals surface area (Å²) < 4.78 is 38.7. The Morgan fingerprint density at radius 1 is 1.13 bits per heavy atom. The molecule has 0 bridgehead atoms. The molecule has 1 fully saturated rings. The number of pyridine rings is 2. The minimum atomic E-state index is -4.30. The van der Waals surface area contributed by atoms with Gasteiger partial charge >= 0.3 is 0 Å². The third-order valence-electron chi connectivity index (χ3n) is 6.52. The Balaban J connectivity index is 1.76. The maximum absolute atomic E-state index is 13.8. The van der Waals surface area contributed by atoms with Gasteiger partial charge in [-0.1, -0.05) is 13.0 Å². The predicted octanol–water partition coefficient (Wildman–Crippen LogP) is 4.04. The van der Waals surface area contributed by atoms with E-state index in [-0.39, 0.29) is 50.0 Å². The molecule has 1 atom stereocenters. The number of methoxy groups -OCH3 is 1. The smallest absolute Gasteiger partial charge is 0.253 e. The van der Waals surface area contributed by atoms with Crippen molar-refractivity contribution in [3.8, 4) is 17.4 Å². The number of benzene rings is 1. The second kappa shape index (κ2) is 10.1. The normalized spacial score (nSPS) is 16.8. The molecule has 0 saturated carbocycles. The molecule has 1 aliphatic heterocycles. The van der Waals surface area contributed by atoms with Crippen molar-refractivity contribution in [1.82, 2.24) is 9.97 Å². The third-order valence-corrected chi connectivity index (χ3v) is 8.21. The van der Waals surface area contributed by atoms with Crippen LogP contribution in [0.25, 0.3) is 0 Å². The number of sulfone groups is 1. The minimum Gasteiger partial charge on any atom is -0.493 e. The number of anilines is 1. The summed E-state index contributed by atoms with van der Waals surface area (Å²) in [5, 5.41) is -0.331. The van der Waals surface area contributed by atoms with Gasteiger partial charge < -0.3 is 20.1 Å². The average Bonchev–Trinajstić information content (AvgIpc) is 3.15. The van der Waals surface area contributed by atoms with E-state index in [0.717, 1.165) is 6.42 Å². The zero-order valence-corrected chi connectivity index (χ0v) is 22.7. The van der Waals surface area contributed by atoms with Crippen LogP contribution in [-0.2, 0) is 9.84 Å². The zero-order chi connectivity index (χ0) is 27.8. The van der Waals surface area contributed by atoms with Crippen molar-refractivity contribution in [3.63, 3.8) is 0 Å². The molecule has 2 N–H and O–H groups in total. The number of hydrogen-bond acceptors (Lipinski definition) is 9. The number of aromatic nitrogens is 2. The Labute approximate surface area is 221 Å². The Kier molecular flexibility index (Phi) is 7.16. The molecular weight excluding hydrogens is 508 g/mol. The molecule has 1 aliphatic rings. The Bertz CT molecular complexity index is 1520. The number of carbonyl (C=O) groups excluding carboxylic acids is 2. The summed E-state index contributed by atoms with van der Waals surface area (Å²) in [4.78, 5) is 34.5. The number of nitrogens with zero attached hydrogens (tertiary/aromatic N) is 3. The molecule has 1 saturated heterocycles. The van der Waals surface area contributed by atoms with Crippen LogP contribution in [0.5, 0.6) is 17.4 Å². The molecule has 200 valence electrons. The van der Waals surface area contributed by atoms with Crippen LogP contribution in [0.4, 0.5) is 5.82 Å². The summed E-state index contributed by atoms with van der Waals surface area (Å²) in [7, 11) is -2.87. The lowest BCUT2D eigenvalue weighted by molar-refractivity contribution is 0.0993. The molecule has 11 heteroatoms. The van der Waals surface area contributed by atoms with Gasteiger partial charge in [0.2, 0.25) is 15.7 Å². The summed E-state index contributed by atoms with van der Waals surface area (Å²) in [6.07, 6.45) is 2.21. The first-order valence-electron chi connectivity index (χ1n) is 12.0. The number of ketones is 1. The summed E-state index contributed by atoms with van der Waals surface area (Å²) in [5.74, 6) is 0.0169. The molecule has 1 unspecified atom stereocenters. The quantitative estimate of drug-likeness (QED) is 0.421. The number of carbonyl (C=O) groups is 2. The van der Waals surface area contributed by atoms with Crippen LogP contribution < -0.4 is 20.1 Å². The second-order valence-corrected chi connectivity index (χ2v) is 11.8. The second-order valence-electron chi connectivity index (χ2n) is 9.95. The van der Waals surface area contributed by atoms with Crippen molar-refractivity contribution in [2.45, 2.75) is 49.6 Å². The van der Waals surface area contributed by atoms with Gasteiger partial charge in [0, 0.05) is 29.9 Å². The standard InChI is InChI=1S/C27H30N4O6S/c1-16-14-27(3,4)31(15-16)26-24(25(28)33)21(11-12-29-26)38(34,35)23-8-6-7-22(30-23)37-19-10-9-18(17(2)32)13-20(19)36-5/h6-13,16H,14-15H2,1-5H3,(H2,28,33). The number of rotatable bonds is 8. The molecule has 1 amide bonds. The highest BCUT2D eigenvalue weighted by Crippen LogP contribution is 2.39. The van der Waals surface area contributed by atoms with Gasteiger partial charge in [0.05, 0.1) is 12.0 Å². The number of hydrogen-bond donors (Lipinski definition) is 1. The first-order chi connectivity index (χ1) is 17.8. The number of ether oxygens (including phenoxy) is 2. The molecular formula is C27H30N4O6S. The first-order valence-corrected chi connectivity index (χ1v) is 13.5. The number of Topliss-reactive ketones (excluding diaryl/α,β-unsaturated/α-hetero) is 1. The lowest BCUT2D eigenvalue weighted by atomic mass is 9.97. The molecule has 2 aromatic heterocycles. The molecule has 4 rings (SSSR count). The van der Waals surface area contributed by atoms with E-state index in [1.165, 1.54) is 56.6 Å². The van der Waals surface area contributed by atoms with Crippen molar-refractivity contribution in [2.24, 2.45) is 11.7 Å². The lowest BCUT2D eigenvalue weighted by Crippen LogP contribution is -2.40. The maximum Gasteiger partial charge on any atom is 0.253 e. The SMILES string of the molecule is COc1cc(C(C)=O)ccc1Oc1cccc(S(=O)(=O)c2ccnc(N3CC(C)CC3(C)C)c2C(N)=O)n1. The highest BCUT2D eigenvalue weighted by Gasteiger charge is 2.40. The zero-order valence-electron chi connectivity index (χ0n) is 21.9. The molecule has 1 aromatic carbocycles. The van der Waals surface area contributed by atoms with E-state index in [4.69, 9.17) is 15.2 Å². The molecule has 10 nitrogen and oxygen atoms in total. The maximum atomic E-state index is 13.8.